The highest BCUT2D eigenvalue weighted by Crippen LogP contribution is 2.27. The van der Waals surface area contributed by atoms with E-state index in [1.54, 1.807) is 31.3 Å². The third kappa shape index (κ3) is 2.67. The second-order valence-electron chi connectivity index (χ2n) is 3.70. The summed E-state index contributed by atoms with van der Waals surface area (Å²) in [6, 6.07) is 8.54. The summed E-state index contributed by atoms with van der Waals surface area (Å²) < 4.78 is 0. The molecule has 2 N–H and O–H groups in total. The number of nitrogen functional groups attached to an aromatic ring is 1. The molecule has 1 aromatic carbocycles. The Morgan fingerprint density at radius 2 is 2.32 bits per heavy atom. The van der Waals surface area contributed by atoms with E-state index in [9.17, 15) is 4.79 Å². The molecule has 2 rings (SSSR count). The molecule has 0 fully saturated rings. The van der Waals surface area contributed by atoms with E-state index in [0.717, 1.165) is 11.3 Å². The summed E-state index contributed by atoms with van der Waals surface area (Å²) in [4.78, 5) is 17.8. The molecule has 1 heterocycles. The van der Waals surface area contributed by atoms with Crippen LogP contribution in [0.4, 0.5) is 10.9 Å². The van der Waals surface area contributed by atoms with Crippen LogP contribution in [0, 0.1) is 11.3 Å². The van der Waals surface area contributed by atoms with Gasteiger partial charge in [0.15, 0.2) is 10.9 Å². The lowest BCUT2D eigenvalue weighted by atomic mass is 10.2. The molecule has 2 aromatic rings. The number of anilines is 2. The molecule has 1 amide bonds. The average Bonchev–Trinajstić information content (AvgIpc) is 2.78. The number of thiazole rings is 1. The normalized spacial score (nSPS) is 9.95. The monoisotopic (exact) mass is 292 g/mol. The van der Waals surface area contributed by atoms with Crippen molar-refractivity contribution in [1.82, 2.24) is 4.98 Å². The highest BCUT2D eigenvalue weighted by molar-refractivity contribution is 7.16. The summed E-state index contributed by atoms with van der Waals surface area (Å²) in [5.41, 5.74) is 6.02. The summed E-state index contributed by atoms with van der Waals surface area (Å²) in [7, 11) is 1.57. The molecule has 0 aliphatic heterocycles. The molecule has 0 unspecified atom stereocenters. The van der Waals surface area contributed by atoms with Gasteiger partial charge in [0, 0.05) is 17.6 Å². The van der Waals surface area contributed by atoms with Gasteiger partial charge in [-0.3, -0.25) is 9.69 Å². The molecule has 0 aliphatic rings. The molecule has 7 heteroatoms. The van der Waals surface area contributed by atoms with Crippen LogP contribution in [-0.2, 0) is 0 Å². The number of hydrogen-bond acceptors (Lipinski definition) is 5. The maximum atomic E-state index is 12.2. The van der Waals surface area contributed by atoms with Gasteiger partial charge in [0.25, 0.3) is 5.91 Å². The molecule has 5 nitrogen and oxygen atoms in total. The Morgan fingerprint density at radius 1 is 1.58 bits per heavy atom. The quantitative estimate of drug-likeness (QED) is 0.922. The zero-order valence-electron chi connectivity index (χ0n) is 9.92. The van der Waals surface area contributed by atoms with Crippen molar-refractivity contribution < 1.29 is 4.79 Å². The summed E-state index contributed by atoms with van der Waals surface area (Å²) in [6.07, 6.45) is 0. The number of amides is 1. The van der Waals surface area contributed by atoms with Crippen LogP contribution >= 0.6 is 22.9 Å². The van der Waals surface area contributed by atoms with Crippen LogP contribution in [-0.4, -0.2) is 17.9 Å². The van der Waals surface area contributed by atoms with Gasteiger partial charge in [0.1, 0.15) is 10.9 Å². The van der Waals surface area contributed by atoms with Crippen molar-refractivity contribution in [2.24, 2.45) is 0 Å². The van der Waals surface area contributed by atoms with Gasteiger partial charge in [-0.1, -0.05) is 29.0 Å². The fraction of sp³-hybridized carbons (Fsp3) is 0.0833. The molecular formula is C12H9ClN4OS. The van der Waals surface area contributed by atoms with Crippen LogP contribution in [0.25, 0.3) is 0 Å². The van der Waals surface area contributed by atoms with E-state index >= 15 is 0 Å². The summed E-state index contributed by atoms with van der Waals surface area (Å²) in [5, 5.41) is 9.68. The van der Waals surface area contributed by atoms with E-state index in [0.29, 0.717) is 20.6 Å². The molecule has 0 saturated heterocycles. The van der Waals surface area contributed by atoms with Gasteiger partial charge >= 0.3 is 0 Å². The minimum Gasteiger partial charge on any atom is -0.382 e. The third-order valence-corrected chi connectivity index (χ3v) is 3.69. The van der Waals surface area contributed by atoms with E-state index in [-0.39, 0.29) is 11.7 Å². The van der Waals surface area contributed by atoms with E-state index in [4.69, 9.17) is 22.6 Å². The molecule has 96 valence electrons. The van der Waals surface area contributed by atoms with Gasteiger partial charge in [-0.05, 0) is 18.2 Å². The van der Waals surface area contributed by atoms with Gasteiger partial charge in [-0.2, -0.15) is 5.26 Å². The van der Waals surface area contributed by atoms with Gasteiger partial charge in [-0.15, -0.1) is 0 Å². The molecule has 0 radical (unpaired) electrons. The molecule has 0 aliphatic carbocycles. The number of nitriles is 1. The van der Waals surface area contributed by atoms with Crippen LogP contribution in [0.3, 0.4) is 0 Å². The highest BCUT2D eigenvalue weighted by atomic mass is 35.5. The lowest BCUT2D eigenvalue weighted by Crippen LogP contribution is -2.26. The van der Waals surface area contributed by atoms with Crippen LogP contribution < -0.4 is 10.6 Å². The molecule has 0 saturated carbocycles. The zero-order valence-corrected chi connectivity index (χ0v) is 11.5. The summed E-state index contributed by atoms with van der Waals surface area (Å²) >= 11 is 6.91. The molecule has 19 heavy (non-hydrogen) atoms. The number of hydrogen-bond donors (Lipinski definition) is 1. The topological polar surface area (TPSA) is 83.0 Å². The second-order valence-corrected chi connectivity index (χ2v) is 5.11. The maximum absolute atomic E-state index is 12.2. The number of nitrogens with two attached hydrogens (primary N) is 1. The number of rotatable bonds is 2. The Balaban J connectivity index is 2.31. The SMILES string of the molecule is CN(C(=O)c1cccc(Cl)c1)c1nc(N)c(C#N)s1. The van der Waals surface area contributed by atoms with Crippen LogP contribution in [0.1, 0.15) is 15.2 Å². The predicted molar refractivity (Wildman–Crippen MR) is 75.4 cm³/mol. The number of nitrogens with zero attached hydrogens (tertiary/aromatic N) is 3. The minimum absolute atomic E-state index is 0.133. The fourth-order valence-corrected chi connectivity index (χ4v) is 2.38. The van der Waals surface area contributed by atoms with E-state index in [1.807, 2.05) is 6.07 Å². The first-order chi connectivity index (χ1) is 9.02. The number of halogens is 1. The molecular weight excluding hydrogens is 284 g/mol. The van der Waals surface area contributed by atoms with Crippen molar-refractivity contribution in [2.45, 2.75) is 0 Å². The van der Waals surface area contributed by atoms with Crippen molar-refractivity contribution in [1.29, 1.82) is 5.26 Å². The molecule has 0 spiro atoms. The Bertz CT molecular complexity index is 677. The van der Waals surface area contributed by atoms with Gasteiger partial charge in [0.05, 0.1) is 0 Å². The Hall–Kier alpha value is -2.10. The second kappa shape index (κ2) is 5.26. The lowest BCUT2D eigenvalue weighted by molar-refractivity contribution is 0.0993. The summed E-state index contributed by atoms with van der Waals surface area (Å²) in [6.45, 7) is 0. The van der Waals surface area contributed by atoms with E-state index in [1.165, 1.54) is 4.90 Å². The van der Waals surface area contributed by atoms with Gasteiger partial charge < -0.3 is 5.73 Å². The van der Waals surface area contributed by atoms with E-state index < -0.39 is 0 Å². The highest BCUT2D eigenvalue weighted by Gasteiger charge is 2.18. The molecule has 1 aromatic heterocycles. The van der Waals surface area contributed by atoms with Crippen molar-refractivity contribution in [3.63, 3.8) is 0 Å². The number of carbonyl (C=O) groups is 1. The van der Waals surface area contributed by atoms with Gasteiger partial charge in [0.2, 0.25) is 0 Å². The molecule has 0 atom stereocenters. The zero-order chi connectivity index (χ0) is 14.0. The average molecular weight is 293 g/mol. The lowest BCUT2D eigenvalue weighted by Gasteiger charge is -2.13. The Labute approximate surface area is 118 Å². The minimum atomic E-state index is -0.263. The van der Waals surface area contributed by atoms with E-state index in [2.05, 4.69) is 4.98 Å². The van der Waals surface area contributed by atoms with Crippen molar-refractivity contribution >= 4 is 39.8 Å². The first-order valence-electron chi connectivity index (χ1n) is 5.23. The fourth-order valence-electron chi connectivity index (χ4n) is 1.45. The van der Waals surface area contributed by atoms with Crippen LogP contribution in [0.2, 0.25) is 5.02 Å². The Kier molecular flexibility index (Phi) is 3.69. The third-order valence-electron chi connectivity index (χ3n) is 2.41. The number of benzene rings is 1. The van der Waals surface area contributed by atoms with Crippen LogP contribution in [0.5, 0.6) is 0 Å². The largest absolute Gasteiger partial charge is 0.382 e. The number of carbonyl (C=O) groups excluding carboxylic acids is 1. The van der Waals surface area contributed by atoms with Crippen molar-refractivity contribution in [3.8, 4) is 6.07 Å². The predicted octanol–water partition coefficient (Wildman–Crippen LogP) is 2.53. The first kappa shape index (κ1) is 13.3. The standard InChI is InChI=1S/C12H9ClN4OS/c1-17(12-16-10(15)9(6-14)19-12)11(18)7-3-2-4-8(13)5-7/h2-5H,15H2,1H3. The smallest absolute Gasteiger partial charge is 0.259 e. The van der Waals surface area contributed by atoms with Gasteiger partial charge in [-0.25, -0.2) is 4.98 Å². The van der Waals surface area contributed by atoms with Crippen molar-refractivity contribution in [3.05, 3.63) is 39.7 Å². The number of aromatic nitrogens is 1. The van der Waals surface area contributed by atoms with Crippen LogP contribution in [0.15, 0.2) is 24.3 Å². The Morgan fingerprint density at radius 3 is 2.89 bits per heavy atom. The summed E-state index contributed by atoms with van der Waals surface area (Å²) in [5.74, 6) is -0.131. The molecule has 0 bridgehead atoms. The van der Waals surface area contributed by atoms with Crippen molar-refractivity contribution in [2.75, 3.05) is 17.7 Å². The maximum Gasteiger partial charge on any atom is 0.259 e. The first-order valence-corrected chi connectivity index (χ1v) is 6.42.